The van der Waals surface area contributed by atoms with Crippen molar-refractivity contribution in [2.24, 2.45) is 0 Å². The highest BCUT2D eigenvalue weighted by Crippen LogP contribution is 2.36. The average Bonchev–Trinajstić information content (AvgIpc) is 2.76. The summed E-state index contributed by atoms with van der Waals surface area (Å²) in [5, 5.41) is 0. The van der Waals surface area contributed by atoms with Crippen LogP contribution in [-0.2, 0) is 0 Å². The van der Waals surface area contributed by atoms with Crippen molar-refractivity contribution in [1.29, 1.82) is 0 Å². The van der Waals surface area contributed by atoms with Gasteiger partial charge in [0.15, 0.2) is 0 Å². The Bertz CT molecular complexity index is 1020. The van der Waals surface area contributed by atoms with Gasteiger partial charge in [0.1, 0.15) is 0 Å². The van der Waals surface area contributed by atoms with Gasteiger partial charge in [-0.3, -0.25) is 0 Å². The first-order valence-corrected chi connectivity index (χ1v) is 9.83. The molecule has 0 saturated heterocycles. The minimum Gasteiger partial charge on any atom is -0.310 e. The molecule has 0 bridgehead atoms. The summed E-state index contributed by atoms with van der Waals surface area (Å²) < 4.78 is 0. The lowest BCUT2D eigenvalue weighted by Crippen LogP contribution is -2.10. The lowest BCUT2D eigenvalue weighted by atomic mass is 10.0. The summed E-state index contributed by atoms with van der Waals surface area (Å²) in [6.07, 6.45) is 0. The first-order valence-electron chi connectivity index (χ1n) is 9.83. The van der Waals surface area contributed by atoms with Crippen molar-refractivity contribution in [2.45, 2.75) is 19.8 Å². The smallest absolute Gasteiger partial charge is 0.0464 e. The van der Waals surface area contributed by atoms with Gasteiger partial charge in [0.2, 0.25) is 0 Å². The summed E-state index contributed by atoms with van der Waals surface area (Å²) >= 11 is 0. The number of para-hydroxylation sites is 1. The molecular formula is C27H25N. The lowest BCUT2D eigenvalue weighted by molar-refractivity contribution is 0.866. The van der Waals surface area contributed by atoms with Gasteiger partial charge < -0.3 is 4.90 Å². The Hall–Kier alpha value is -3.32. The maximum absolute atomic E-state index is 2.32. The Morgan fingerprint density at radius 1 is 0.500 bits per heavy atom. The molecule has 28 heavy (non-hydrogen) atoms. The van der Waals surface area contributed by atoms with Crippen molar-refractivity contribution in [3.63, 3.8) is 0 Å². The van der Waals surface area contributed by atoms with Crippen LogP contribution in [0.2, 0.25) is 0 Å². The molecule has 4 aromatic rings. The van der Waals surface area contributed by atoms with Crippen LogP contribution in [0.15, 0.2) is 109 Å². The lowest BCUT2D eigenvalue weighted by Gasteiger charge is -2.26. The third-order valence-corrected chi connectivity index (χ3v) is 5.04. The van der Waals surface area contributed by atoms with Crippen LogP contribution in [-0.4, -0.2) is 0 Å². The summed E-state index contributed by atoms with van der Waals surface area (Å²) in [5.74, 6) is 0.498. The Morgan fingerprint density at radius 3 is 1.68 bits per heavy atom. The molecular weight excluding hydrogens is 338 g/mol. The average molecular weight is 364 g/mol. The maximum Gasteiger partial charge on any atom is 0.0464 e. The molecule has 0 aliphatic heterocycles. The Kier molecular flexibility index (Phi) is 5.25. The van der Waals surface area contributed by atoms with Crippen LogP contribution >= 0.6 is 0 Å². The second-order valence-corrected chi connectivity index (χ2v) is 7.33. The second kappa shape index (κ2) is 8.14. The van der Waals surface area contributed by atoms with Gasteiger partial charge in [-0.25, -0.2) is 0 Å². The fourth-order valence-electron chi connectivity index (χ4n) is 3.48. The minimum absolute atomic E-state index is 0.498. The molecule has 0 spiro atoms. The molecule has 0 unspecified atom stereocenters. The van der Waals surface area contributed by atoms with E-state index in [0.29, 0.717) is 5.92 Å². The van der Waals surface area contributed by atoms with Crippen molar-refractivity contribution in [3.05, 3.63) is 115 Å². The standard InChI is InChI=1S/C27H25N/c1-21(2)24-12-9-15-27(20-24)28(25-13-7-4-8-14-25)26-18-16-23(17-19-26)22-10-5-3-6-11-22/h3-21H,1-2H3. The first kappa shape index (κ1) is 18.1. The summed E-state index contributed by atoms with van der Waals surface area (Å²) in [5.41, 5.74) is 7.32. The van der Waals surface area contributed by atoms with Crippen LogP contribution < -0.4 is 4.90 Å². The van der Waals surface area contributed by atoms with E-state index in [1.807, 2.05) is 0 Å². The van der Waals surface area contributed by atoms with Gasteiger partial charge in [0.05, 0.1) is 0 Å². The van der Waals surface area contributed by atoms with Gasteiger partial charge >= 0.3 is 0 Å². The van der Waals surface area contributed by atoms with Crippen LogP contribution in [0, 0.1) is 0 Å². The Morgan fingerprint density at radius 2 is 1.04 bits per heavy atom. The van der Waals surface area contributed by atoms with Gasteiger partial charge in [-0.15, -0.1) is 0 Å². The molecule has 0 aliphatic carbocycles. The zero-order chi connectivity index (χ0) is 19.3. The molecule has 0 fully saturated rings. The van der Waals surface area contributed by atoms with Crippen molar-refractivity contribution in [3.8, 4) is 11.1 Å². The number of nitrogens with zero attached hydrogens (tertiary/aromatic N) is 1. The maximum atomic E-state index is 2.32. The molecule has 0 N–H and O–H groups in total. The van der Waals surface area contributed by atoms with E-state index < -0.39 is 0 Å². The molecule has 1 nitrogen and oxygen atoms in total. The normalized spacial score (nSPS) is 10.8. The number of hydrogen-bond donors (Lipinski definition) is 0. The fourth-order valence-corrected chi connectivity index (χ4v) is 3.48. The van der Waals surface area contributed by atoms with Crippen LogP contribution in [0.25, 0.3) is 11.1 Å². The molecule has 0 aromatic heterocycles. The van der Waals surface area contributed by atoms with Crippen molar-refractivity contribution < 1.29 is 0 Å². The number of hydrogen-bond acceptors (Lipinski definition) is 1. The first-order chi connectivity index (χ1) is 13.7. The molecule has 0 aliphatic rings. The van der Waals surface area contributed by atoms with Gasteiger partial charge in [-0.05, 0) is 59.0 Å². The third-order valence-electron chi connectivity index (χ3n) is 5.04. The predicted octanol–water partition coefficient (Wildman–Crippen LogP) is 7.95. The summed E-state index contributed by atoms with van der Waals surface area (Å²) in [6, 6.07) is 38.7. The van der Waals surface area contributed by atoms with Crippen molar-refractivity contribution in [2.75, 3.05) is 4.90 Å². The van der Waals surface area contributed by atoms with E-state index in [1.165, 1.54) is 22.4 Å². The highest BCUT2D eigenvalue weighted by atomic mass is 15.1. The second-order valence-electron chi connectivity index (χ2n) is 7.33. The van der Waals surface area contributed by atoms with Gasteiger partial charge in [0.25, 0.3) is 0 Å². The molecule has 0 saturated carbocycles. The monoisotopic (exact) mass is 363 g/mol. The molecule has 0 amide bonds. The van der Waals surface area contributed by atoms with E-state index in [9.17, 15) is 0 Å². The quantitative estimate of drug-likeness (QED) is 0.348. The van der Waals surface area contributed by atoms with Crippen LogP contribution in [0.4, 0.5) is 17.1 Å². The van der Waals surface area contributed by atoms with E-state index in [-0.39, 0.29) is 0 Å². The van der Waals surface area contributed by atoms with E-state index in [4.69, 9.17) is 0 Å². The Balaban J connectivity index is 1.77. The summed E-state index contributed by atoms with van der Waals surface area (Å²) in [7, 11) is 0. The number of rotatable bonds is 5. The van der Waals surface area contributed by atoms with Gasteiger partial charge in [-0.1, -0.05) is 86.6 Å². The highest BCUT2D eigenvalue weighted by Gasteiger charge is 2.13. The van der Waals surface area contributed by atoms with Crippen LogP contribution in [0.5, 0.6) is 0 Å². The van der Waals surface area contributed by atoms with E-state index >= 15 is 0 Å². The van der Waals surface area contributed by atoms with Gasteiger partial charge in [0, 0.05) is 17.1 Å². The highest BCUT2D eigenvalue weighted by molar-refractivity contribution is 5.78. The van der Waals surface area contributed by atoms with E-state index in [1.54, 1.807) is 0 Å². The topological polar surface area (TPSA) is 3.24 Å². The van der Waals surface area contributed by atoms with Crippen LogP contribution in [0.3, 0.4) is 0 Å². The molecule has 0 heterocycles. The molecule has 4 aromatic carbocycles. The SMILES string of the molecule is CC(C)c1cccc(N(c2ccccc2)c2ccc(-c3ccccc3)cc2)c1. The van der Waals surface area contributed by atoms with Crippen molar-refractivity contribution in [1.82, 2.24) is 0 Å². The molecule has 0 radical (unpaired) electrons. The van der Waals surface area contributed by atoms with Gasteiger partial charge in [-0.2, -0.15) is 0 Å². The predicted molar refractivity (Wildman–Crippen MR) is 121 cm³/mol. The third kappa shape index (κ3) is 3.84. The zero-order valence-electron chi connectivity index (χ0n) is 16.4. The summed E-state index contributed by atoms with van der Waals surface area (Å²) in [4.78, 5) is 2.32. The minimum atomic E-state index is 0.498. The molecule has 4 rings (SSSR count). The largest absolute Gasteiger partial charge is 0.310 e. The fraction of sp³-hybridized carbons (Fsp3) is 0.111. The molecule has 138 valence electrons. The zero-order valence-corrected chi connectivity index (χ0v) is 16.4. The number of benzene rings is 4. The number of anilines is 3. The molecule has 0 atom stereocenters. The van der Waals surface area contributed by atoms with Crippen LogP contribution in [0.1, 0.15) is 25.3 Å². The van der Waals surface area contributed by atoms with E-state index in [0.717, 1.165) is 11.4 Å². The summed E-state index contributed by atoms with van der Waals surface area (Å²) in [6.45, 7) is 4.47. The van der Waals surface area contributed by atoms with E-state index in [2.05, 4.69) is 128 Å². The Labute approximate surface area is 167 Å². The van der Waals surface area contributed by atoms with Crippen molar-refractivity contribution >= 4 is 17.1 Å². The molecule has 1 heteroatoms.